The van der Waals surface area contributed by atoms with Crippen LogP contribution in [0.3, 0.4) is 0 Å². The number of hydrogen-bond donors (Lipinski definition) is 1. The minimum Gasteiger partial charge on any atom is -0.394 e. The number of benzene rings is 1. The van der Waals surface area contributed by atoms with Crippen molar-refractivity contribution in [2.45, 2.75) is 32.9 Å². The predicted molar refractivity (Wildman–Crippen MR) is 73.3 cm³/mol. The van der Waals surface area contributed by atoms with E-state index < -0.39 is 9.28 Å². The quantitative estimate of drug-likeness (QED) is 0.721. The molecular weight excluding hydrogens is 230 g/mol. The fraction of sp³-hybridized carbons (Fsp3) is 0.538. The summed E-state index contributed by atoms with van der Waals surface area (Å²) in [5.41, 5.74) is 1.16. The Labute approximate surface area is 106 Å². The van der Waals surface area contributed by atoms with Gasteiger partial charge in [0.05, 0.1) is 0 Å². The van der Waals surface area contributed by atoms with Crippen LogP contribution in [0.25, 0.3) is 0 Å². The average Bonchev–Trinajstić information content (AvgIpc) is 2.30. The minimum absolute atomic E-state index is 0.411. The van der Waals surface area contributed by atoms with Crippen molar-refractivity contribution >= 4 is 15.0 Å². The molecule has 0 aromatic heterocycles. The molecule has 1 atom stereocenters. The molecule has 95 valence electrons. The molecule has 3 nitrogen and oxygen atoms in total. The van der Waals surface area contributed by atoms with E-state index in [4.69, 9.17) is 8.85 Å². The van der Waals surface area contributed by atoms with E-state index in [1.807, 2.05) is 31.7 Å². The molecule has 1 N–H and O–H groups in total. The Bertz CT molecular complexity index is 295. The number of para-hydroxylation sites is 1. The van der Waals surface area contributed by atoms with Crippen LogP contribution < -0.4 is 5.32 Å². The largest absolute Gasteiger partial charge is 0.394 e. The highest BCUT2D eigenvalue weighted by atomic mass is 28.3. The third-order valence-corrected chi connectivity index (χ3v) is 3.70. The van der Waals surface area contributed by atoms with Gasteiger partial charge in [-0.15, -0.1) is 0 Å². The Hall–Kier alpha value is -0.843. The highest BCUT2D eigenvalue weighted by Gasteiger charge is 2.08. The van der Waals surface area contributed by atoms with Crippen LogP contribution in [0.1, 0.15) is 20.3 Å². The van der Waals surface area contributed by atoms with Gasteiger partial charge in [-0.05, 0) is 38.9 Å². The zero-order valence-corrected chi connectivity index (χ0v) is 11.9. The van der Waals surface area contributed by atoms with Crippen molar-refractivity contribution in [2.24, 2.45) is 0 Å². The second-order valence-electron chi connectivity index (χ2n) is 3.97. The summed E-state index contributed by atoms with van der Waals surface area (Å²) in [4.78, 5) is 0. The lowest BCUT2D eigenvalue weighted by Gasteiger charge is -2.16. The highest BCUT2D eigenvalue weighted by Crippen LogP contribution is 2.08. The van der Waals surface area contributed by atoms with Crippen LogP contribution in [-0.4, -0.2) is 28.5 Å². The van der Waals surface area contributed by atoms with Gasteiger partial charge in [0.2, 0.25) is 0 Å². The molecule has 0 amide bonds. The minimum atomic E-state index is -1.04. The van der Waals surface area contributed by atoms with Crippen molar-refractivity contribution in [1.29, 1.82) is 0 Å². The predicted octanol–water partition coefficient (Wildman–Crippen LogP) is 3.05. The van der Waals surface area contributed by atoms with Crippen LogP contribution in [0, 0.1) is 0 Å². The molecule has 1 aromatic rings. The summed E-state index contributed by atoms with van der Waals surface area (Å²) >= 11 is 0. The zero-order valence-electron chi connectivity index (χ0n) is 10.9. The van der Waals surface area contributed by atoms with Crippen molar-refractivity contribution in [3.05, 3.63) is 30.3 Å². The van der Waals surface area contributed by atoms with Gasteiger partial charge in [0.15, 0.2) is 0 Å². The van der Waals surface area contributed by atoms with Gasteiger partial charge in [-0.25, -0.2) is 0 Å². The SMILES string of the molecule is CCO[Si](C)OCCC(C)Nc1ccccc1. The molecule has 17 heavy (non-hydrogen) atoms. The van der Waals surface area contributed by atoms with E-state index >= 15 is 0 Å². The van der Waals surface area contributed by atoms with Crippen LogP contribution in [0.15, 0.2) is 30.3 Å². The summed E-state index contributed by atoms with van der Waals surface area (Å²) in [5.74, 6) is 0. The molecule has 0 bridgehead atoms. The maximum absolute atomic E-state index is 5.63. The first-order valence-corrected chi connectivity index (χ1v) is 7.94. The second kappa shape index (κ2) is 8.28. The van der Waals surface area contributed by atoms with E-state index in [2.05, 4.69) is 24.4 Å². The Morgan fingerprint density at radius 1 is 1.24 bits per heavy atom. The Balaban J connectivity index is 2.15. The molecule has 0 saturated heterocycles. The van der Waals surface area contributed by atoms with Crippen molar-refractivity contribution in [3.8, 4) is 0 Å². The lowest BCUT2D eigenvalue weighted by molar-refractivity contribution is 0.205. The molecule has 0 aliphatic carbocycles. The second-order valence-corrected chi connectivity index (χ2v) is 5.53. The topological polar surface area (TPSA) is 30.5 Å². The molecule has 0 heterocycles. The van der Waals surface area contributed by atoms with Crippen molar-refractivity contribution in [1.82, 2.24) is 0 Å². The maximum atomic E-state index is 5.63. The molecule has 1 radical (unpaired) electrons. The molecule has 1 aromatic carbocycles. The zero-order chi connectivity index (χ0) is 12.5. The van der Waals surface area contributed by atoms with Gasteiger partial charge in [0.25, 0.3) is 0 Å². The molecule has 1 rings (SSSR count). The molecule has 0 aliphatic rings. The summed E-state index contributed by atoms with van der Waals surface area (Å²) in [6.07, 6.45) is 0.990. The smallest absolute Gasteiger partial charge is 0.381 e. The monoisotopic (exact) mass is 252 g/mol. The molecule has 0 saturated carbocycles. The summed E-state index contributed by atoms with van der Waals surface area (Å²) < 4.78 is 11.0. The van der Waals surface area contributed by atoms with Gasteiger partial charge in [-0.3, -0.25) is 0 Å². The molecule has 4 heteroatoms. The summed E-state index contributed by atoms with van der Waals surface area (Å²) in [7, 11) is -1.04. The van der Waals surface area contributed by atoms with E-state index in [0.717, 1.165) is 25.3 Å². The van der Waals surface area contributed by atoms with Gasteiger partial charge in [0.1, 0.15) is 0 Å². The molecule has 0 spiro atoms. The summed E-state index contributed by atoms with van der Waals surface area (Å²) in [6.45, 7) is 7.69. The third-order valence-electron chi connectivity index (χ3n) is 2.39. The van der Waals surface area contributed by atoms with Crippen LogP contribution in [-0.2, 0) is 8.85 Å². The first kappa shape index (κ1) is 14.2. The Morgan fingerprint density at radius 2 is 1.94 bits per heavy atom. The van der Waals surface area contributed by atoms with Crippen LogP contribution in [0.5, 0.6) is 0 Å². The van der Waals surface area contributed by atoms with Gasteiger partial charge in [-0.2, -0.15) is 0 Å². The molecule has 0 fully saturated rings. The van der Waals surface area contributed by atoms with Crippen molar-refractivity contribution < 1.29 is 8.85 Å². The van der Waals surface area contributed by atoms with E-state index in [-0.39, 0.29) is 0 Å². The Morgan fingerprint density at radius 3 is 2.59 bits per heavy atom. The number of hydrogen-bond acceptors (Lipinski definition) is 3. The van der Waals surface area contributed by atoms with Crippen molar-refractivity contribution in [3.63, 3.8) is 0 Å². The van der Waals surface area contributed by atoms with E-state index in [9.17, 15) is 0 Å². The van der Waals surface area contributed by atoms with Gasteiger partial charge in [-0.1, -0.05) is 18.2 Å². The Kier molecular flexibility index (Phi) is 6.92. The number of nitrogens with one attached hydrogen (secondary N) is 1. The first-order valence-electron chi connectivity index (χ1n) is 6.13. The van der Waals surface area contributed by atoms with Crippen LogP contribution in [0.4, 0.5) is 5.69 Å². The summed E-state index contributed by atoms with van der Waals surface area (Å²) in [6, 6.07) is 10.7. The van der Waals surface area contributed by atoms with Gasteiger partial charge >= 0.3 is 9.28 Å². The fourth-order valence-electron chi connectivity index (χ4n) is 1.52. The lowest BCUT2D eigenvalue weighted by Crippen LogP contribution is -2.23. The normalized spacial score (nSPS) is 12.7. The fourth-order valence-corrected chi connectivity index (χ4v) is 2.41. The van der Waals surface area contributed by atoms with Gasteiger partial charge < -0.3 is 14.2 Å². The average molecular weight is 252 g/mol. The first-order chi connectivity index (χ1) is 8.22. The molecule has 1 unspecified atom stereocenters. The lowest BCUT2D eigenvalue weighted by atomic mass is 10.2. The van der Waals surface area contributed by atoms with E-state index in [1.165, 1.54) is 0 Å². The van der Waals surface area contributed by atoms with E-state index in [1.54, 1.807) is 0 Å². The van der Waals surface area contributed by atoms with Gasteiger partial charge in [0, 0.05) is 24.9 Å². The molecular formula is C13H22NO2Si. The third kappa shape index (κ3) is 6.46. The molecule has 0 aliphatic heterocycles. The number of anilines is 1. The van der Waals surface area contributed by atoms with Crippen LogP contribution in [0.2, 0.25) is 6.55 Å². The highest BCUT2D eigenvalue weighted by molar-refractivity contribution is 6.42. The number of rotatable bonds is 8. The van der Waals surface area contributed by atoms with E-state index in [0.29, 0.717) is 6.04 Å². The van der Waals surface area contributed by atoms with Crippen LogP contribution >= 0.6 is 0 Å². The standard InChI is InChI=1S/C13H22NO2Si/c1-4-15-17(3)16-11-10-12(2)14-13-8-6-5-7-9-13/h5-9,12,14H,4,10-11H2,1-3H3. The van der Waals surface area contributed by atoms with Crippen molar-refractivity contribution in [2.75, 3.05) is 18.5 Å². The summed E-state index contributed by atoms with van der Waals surface area (Å²) in [5, 5.41) is 3.44. The maximum Gasteiger partial charge on any atom is 0.381 e.